The fourth-order valence-corrected chi connectivity index (χ4v) is 3.60. The third-order valence-corrected chi connectivity index (χ3v) is 4.41. The van der Waals surface area contributed by atoms with E-state index in [9.17, 15) is 13.2 Å². The smallest absolute Gasteiger partial charge is 0.254 e. The molecule has 2 atom stereocenters. The maximum atomic E-state index is 12.4. The summed E-state index contributed by atoms with van der Waals surface area (Å²) in [4.78, 5) is 18.0. The molecule has 21 heavy (non-hydrogen) atoms. The summed E-state index contributed by atoms with van der Waals surface area (Å²) >= 11 is 0. The second-order valence-electron chi connectivity index (χ2n) is 5.49. The fraction of sp³-hybridized carbons (Fsp3) is 0.571. The molecule has 1 saturated heterocycles. The highest BCUT2D eigenvalue weighted by molar-refractivity contribution is 7.88. The number of nitrogens with one attached hydrogen (secondary N) is 1. The van der Waals surface area contributed by atoms with Gasteiger partial charge in [-0.15, -0.1) is 0 Å². The molecule has 1 aliphatic heterocycles. The van der Waals surface area contributed by atoms with E-state index >= 15 is 0 Å². The van der Waals surface area contributed by atoms with Crippen LogP contribution in [0.4, 0.5) is 0 Å². The van der Waals surface area contributed by atoms with Crippen molar-refractivity contribution in [2.75, 3.05) is 19.3 Å². The third-order valence-electron chi connectivity index (χ3n) is 3.68. The van der Waals surface area contributed by atoms with Gasteiger partial charge in [0.05, 0.1) is 6.26 Å². The maximum Gasteiger partial charge on any atom is 0.254 e. The van der Waals surface area contributed by atoms with Crippen LogP contribution in [-0.2, 0) is 10.0 Å². The van der Waals surface area contributed by atoms with Crippen molar-refractivity contribution in [1.82, 2.24) is 14.6 Å². The molecular weight excluding hydrogens is 290 g/mol. The van der Waals surface area contributed by atoms with Gasteiger partial charge in [0.2, 0.25) is 10.0 Å². The van der Waals surface area contributed by atoms with Gasteiger partial charge in [-0.2, -0.15) is 0 Å². The molecule has 1 fully saturated rings. The predicted octanol–water partition coefficient (Wildman–Crippen LogP) is 0.872. The number of hydrogen-bond acceptors (Lipinski definition) is 4. The Kier molecular flexibility index (Phi) is 4.95. The molecule has 0 saturated carbocycles. The summed E-state index contributed by atoms with van der Waals surface area (Å²) in [6.45, 7) is 3.06. The normalized spacial score (nSPS) is 22.5. The van der Waals surface area contributed by atoms with Crippen molar-refractivity contribution in [2.45, 2.75) is 25.8 Å². The Morgan fingerprint density at radius 3 is 2.62 bits per heavy atom. The molecule has 0 aliphatic carbocycles. The van der Waals surface area contributed by atoms with Gasteiger partial charge in [-0.05, 0) is 24.5 Å². The van der Waals surface area contributed by atoms with E-state index in [1.165, 1.54) is 0 Å². The van der Waals surface area contributed by atoms with Gasteiger partial charge in [0.1, 0.15) is 0 Å². The molecule has 0 aromatic carbocycles. The number of sulfonamides is 1. The molecule has 7 heteroatoms. The van der Waals surface area contributed by atoms with Crippen LogP contribution in [0.25, 0.3) is 0 Å². The van der Waals surface area contributed by atoms with Crippen LogP contribution in [0, 0.1) is 5.92 Å². The Hall–Kier alpha value is -1.47. The van der Waals surface area contributed by atoms with Crippen LogP contribution < -0.4 is 4.72 Å². The number of hydrogen-bond donors (Lipinski definition) is 1. The zero-order valence-corrected chi connectivity index (χ0v) is 13.1. The van der Waals surface area contributed by atoms with Gasteiger partial charge in [0, 0.05) is 37.1 Å². The molecule has 6 nitrogen and oxygen atoms in total. The Balaban J connectivity index is 2.11. The summed E-state index contributed by atoms with van der Waals surface area (Å²) in [6.07, 6.45) is 6.18. The summed E-state index contributed by atoms with van der Waals surface area (Å²) in [5, 5.41) is 0. The van der Waals surface area contributed by atoms with Gasteiger partial charge in [-0.1, -0.05) is 13.3 Å². The second kappa shape index (κ2) is 6.53. The minimum absolute atomic E-state index is 0.0729. The Morgan fingerprint density at radius 1 is 1.38 bits per heavy atom. The lowest BCUT2D eigenvalue weighted by molar-refractivity contribution is 0.0785. The number of carbonyl (C=O) groups is 1. The van der Waals surface area contributed by atoms with E-state index in [4.69, 9.17) is 0 Å². The Bertz CT molecular complexity index is 589. The standard InChI is InChI=1S/C14H21N3O3S/c1-3-4-12-9-17(10-13(12)16-21(2,19)20)14(18)11-5-7-15-8-6-11/h5-8,12-13,16H,3-4,9-10H2,1-2H3/t12-,13-/m1/s1. The molecular formula is C14H21N3O3S. The van der Waals surface area contributed by atoms with Crippen molar-refractivity contribution in [3.8, 4) is 0 Å². The van der Waals surface area contributed by atoms with Crippen LogP contribution in [-0.4, -0.2) is 49.6 Å². The van der Waals surface area contributed by atoms with E-state index < -0.39 is 10.0 Å². The van der Waals surface area contributed by atoms with E-state index in [1.807, 2.05) is 0 Å². The van der Waals surface area contributed by atoms with Gasteiger partial charge in [-0.25, -0.2) is 13.1 Å². The molecule has 1 aromatic heterocycles. The Labute approximate surface area is 125 Å². The molecule has 1 amide bonds. The van der Waals surface area contributed by atoms with Gasteiger partial charge < -0.3 is 4.90 Å². The number of carbonyl (C=O) groups excluding carboxylic acids is 1. The zero-order chi connectivity index (χ0) is 15.5. The SMILES string of the molecule is CCC[C@@H]1CN(C(=O)c2ccncc2)C[C@H]1NS(C)(=O)=O. The lowest BCUT2D eigenvalue weighted by Crippen LogP contribution is -2.40. The van der Waals surface area contributed by atoms with E-state index in [-0.39, 0.29) is 17.9 Å². The monoisotopic (exact) mass is 311 g/mol. The first-order valence-electron chi connectivity index (χ1n) is 7.07. The van der Waals surface area contributed by atoms with Crippen LogP contribution in [0.2, 0.25) is 0 Å². The molecule has 0 unspecified atom stereocenters. The van der Waals surface area contributed by atoms with Crippen molar-refractivity contribution in [3.05, 3.63) is 30.1 Å². The number of pyridine rings is 1. The first-order chi connectivity index (χ1) is 9.90. The van der Waals surface area contributed by atoms with Crippen molar-refractivity contribution in [3.63, 3.8) is 0 Å². The highest BCUT2D eigenvalue weighted by atomic mass is 32.2. The minimum atomic E-state index is -3.27. The summed E-state index contributed by atoms with van der Waals surface area (Å²) in [5.74, 6) is 0.0896. The van der Waals surface area contributed by atoms with Crippen molar-refractivity contribution in [2.24, 2.45) is 5.92 Å². The predicted molar refractivity (Wildman–Crippen MR) is 80.3 cm³/mol. The van der Waals surface area contributed by atoms with Gasteiger partial charge in [-0.3, -0.25) is 9.78 Å². The molecule has 1 aliphatic rings. The lowest BCUT2D eigenvalue weighted by Gasteiger charge is -2.17. The van der Waals surface area contributed by atoms with Crippen molar-refractivity contribution < 1.29 is 13.2 Å². The third kappa shape index (κ3) is 4.25. The second-order valence-corrected chi connectivity index (χ2v) is 7.27. The van der Waals surface area contributed by atoms with Crippen LogP contribution in [0.5, 0.6) is 0 Å². The molecule has 0 bridgehead atoms. The van der Waals surface area contributed by atoms with Crippen LogP contribution in [0.15, 0.2) is 24.5 Å². The van der Waals surface area contributed by atoms with Crippen LogP contribution in [0.3, 0.4) is 0 Å². The molecule has 1 N–H and O–H groups in total. The summed E-state index contributed by atoms with van der Waals surface area (Å²) in [6, 6.07) is 3.15. The van der Waals surface area contributed by atoms with E-state index in [1.54, 1.807) is 29.4 Å². The highest BCUT2D eigenvalue weighted by Crippen LogP contribution is 2.23. The van der Waals surface area contributed by atoms with E-state index in [2.05, 4.69) is 16.6 Å². The number of nitrogens with zero attached hydrogens (tertiary/aromatic N) is 2. The summed E-state index contributed by atoms with van der Waals surface area (Å²) < 4.78 is 25.6. The van der Waals surface area contributed by atoms with E-state index in [0.717, 1.165) is 19.1 Å². The molecule has 2 heterocycles. The summed E-state index contributed by atoms with van der Waals surface area (Å²) in [5.41, 5.74) is 0.584. The average Bonchev–Trinajstić information content (AvgIpc) is 2.80. The molecule has 0 spiro atoms. The fourth-order valence-electron chi connectivity index (χ4n) is 2.79. The van der Waals surface area contributed by atoms with Crippen LogP contribution >= 0.6 is 0 Å². The number of rotatable bonds is 5. The molecule has 2 rings (SSSR count). The zero-order valence-electron chi connectivity index (χ0n) is 12.3. The topological polar surface area (TPSA) is 79.4 Å². The average molecular weight is 311 g/mol. The molecule has 0 radical (unpaired) electrons. The first-order valence-corrected chi connectivity index (χ1v) is 8.96. The molecule has 116 valence electrons. The van der Waals surface area contributed by atoms with Gasteiger partial charge in [0.15, 0.2) is 0 Å². The van der Waals surface area contributed by atoms with Crippen LogP contribution in [0.1, 0.15) is 30.1 Å². The summed E-state index contributed by atoms with van der Waals surface area (Å²) in [7, 11) is -3.27. The maximum absolute atomic E-state index is 12.4. The number of aromatic nitrogens is 1. The Morgan fingerprint density at radius 2 is 2.05 bits per heavy atom. The van der Waals surface area contributed by atoms with Crippen molar-refractivity contribution >= 4 is 15.9 Å². The first kappa shape index (κ1) is 15.9. The minimum Gasteiger partial charge on any atom is -0.337 e. The quantitative estimate of drug-likeness (QED) is 0.875. The highest BCUT2D eigenvalue weighted by Gasteiger charge is 2.36. The van der Waals surface area contributed by atoms with E-state index in [0.29, 0.717) is 18.7 Å². The van der Waals surface area contributed by atoms with Gasteiger partial charge >= 0.3 is 0 Å². The van der Waals surface area contributed by atoms with Crippen molar-refractivity contribution in [1.29, 1.82) is 0 Å². The largest absolute Gasteiger partial charge is 0.337 e. The number of likely N-dealkylation sites (tertiary alicyclic amines) is 1. The van der Waals surface area contributed by atoms with Gasteiger partial charge in [0.25, 0.3) is 5.91 Å². The molecule has 1 aromatic rings. The number of amides is 1. The lowest BCUT2D eigenvalue weighted by atomic mass is 9.99.